The molecular weight excluding hydrogens is 208 g/mol. The van der Waals surface area contributed by atoms with Gasteiger partial charge in [-0.25, -0.2) is 4.98 Å². The van der Waals surface area contributed by atoms with Gasteiger partial charge in [-0.2, -0.15) is 0 Å². The van der Waals surface area contributed by atoms with Crippen LogP contribution in [-0.4, -0.2) is 11.0 Å². The third kappa shape index (κ3) is 1.78. The number of benzene rings is 1. The Morgan fingerprint density at radius 3 is 2.88 bits per heavy atom. The molecule has 1 aromatic carbocycles. The summed E-state index contributed by atoms with van der Waals surface area (Å²) in [6, 6.07) is 9.41. The van der Waals surface area contributed by atoms with Crippen LogP contribution in [0.3, 0.4) is 0 Å². The van der Waals surface area contributed by atoms with E-state index in [2.05, 4.69) is 50.4 Å². The molecule has 1 N–H and O–H groups in total. The highest BCUT2D eigenvalue weighted by atomic mass is 15.0. The monoisotopic (exact) mass is 226 g/mol. The Morgan fingerprint density at radius 2 is 2.12 bits per heavy atom. The van der Waals surface area contributed by atoms with Crippen molar-refractivity contribution >= 4 is 16.7 Å². The minimum Gasteiger partial charge on any atom is -0.367 e. The zero-order chi connectivity index (χ0) is 12.0. The Kier molecular flexibility index (Phi) is 2.32. The molecule has 0 unspecified atom stereocenters. The number of nitrogens with one attached hydrogen (secondary N) is 1. The molecule has 0 saturated carbocycles. The normalized spacial score (nSPS) is 18.5. The van der Waals surface area contributed by atoms with Crippen LogP contribution in [0.5, 0.6) is 0 Å². The van der Waals surface area contributed by atoms with E-state index in [1.54, 1.807) is 0 Å². The van der Waals surface area contributed by atoms with Crippen LogP contribution in [0.15, 0.2) is 24.3 Å². The molecule has 2 nitrogen and oxygen atoms in total. The molecule has 2 aromatic rings. The quantitative estimate of drug-likeness (QED) is 0.801. The van der Waals surface area contributed by atoms with E-state index in [1.807, 2.05) is 0 Å². The molecule has 1 aliphatic heterocycles. The molecule has 17 heavy (non-hydrogen) atoms. The van der Waals surface area contributed by atoms with Gasteiger partial charge in [-0.3, -0.25) is 0 Å². The zero-order valence-electron chi connectivity index (χ0n) is 10.6. The topological polar surface area (TPSA) is 24.9 Å². The molecule has 0 fully saturated rings. The highest BCUT2D eigenvalue weighted by Gasteiger charge is 2.18. The van der Waals surface area contributed by atoms with E-state index >= 15 is 0 Å². The van der Waals surface area contributed by atoms with Crippen molar-refractivity contribution in [2.75, 3.05) is 5.32 Å². The molecule has 88 valence electrons. The van der Waals surface area contributed by atoms with Gasteiger partial charge in [0.25, 0.3) is 0 Å². The fourth-order valence-electron chi connectivity index (χ4n) is 2.48. The van der Waals surface area contributed by atoms with Gasteiger partial charge in [0, 0.05) is 11.4 Å². The summed E-state index contributed by atoms with van der Waals surface area (Å²) in [5.74, 6) is 1.63. The molecule has 2 heterocycles. The summed E-state index contributed by atoms with van der Waals surface area (Å²) in [4.78, 5) is 4.74. The smallest absolute Gasteiger partial charge is 0.130 e. The van der Waals surface area contributed by atoms with Gasteiger partial charge in [0.2, 0.25) is 0 Å². The lowest BCUT2D eigenvalue weighted by Gasteiger charge is -2.08. The number of fused-ring (bicyclic) bond motifs is 2. The van der Waals surface area contributed by atoms with Gasteiger partial charge in [0.05, 0.1) is 5.52 Å². The summed E-state index contributed by atoms with van der Waals surface area (Å²) >= 11 is 0. The SMILES string of the molecule is CC(C)c1ccc2cc3c(nc2c1)N[C@H](C)C3. The van der Waals surface area contributed by atoms with Crippen molar-refractivity contribution in [3.05, 3.63) is 35.4 Å². The second-order valence-electron chi connectivity index (χ2n) is 5.35. The molecule has 0 saturated heterocycles. The molecule has 0 radical (unpaired) electrons. The first kappa shape index (κ1) is 10.6. The Balaban J connectivity index is 2.16. The summed E-state index contributed by atoms with van der Waals surface area (Å²) < 4.78 is 0. The van der Waals surface area contributed by atoms with Crippen LogP contribution >= 0.6 is 0 Å². The van der Waals surface area contributed by atoms with Crippen molar-refractivity contribution in [1.82, 2.24) is 4.98 Å². The molecule has 0 bridgehead atoms. The van der Waals surface area contributed by atoms with Gasteiger partial charge in [0.15, 0.2) is 0 Å². The maximum atomic E-state index is 4.74. The highest BCUT2D eigenvalue weighted by Crippen LogP contribution is 2.29. The van der Waals surface area contributed by atoms with Crippen molar-refractivity contribution in [3.63, 3.8) is 0 Å². The van der Waals surface area contributed by atoms with Crippen LogP contribution in [0.2, 0.25) is 0 Å². The average molecular weight is 226 g/mol. The van der Waals surface area contributed by atoms with Crippen molar-refractivity contribution in [3.8, 4) is 0 Å². The van der Waals surface area contributed by atoms with E-state index in [0.29, 0.717) is 12.0 Å². The maximum absolute atomic E-state index is 4.74. The molecule has 3 rings (SSSR count). The highest BCUT2D eigenvalue weighted by molar-refractivity contribution is 5.83. The maximum Gasteiger partial charge on any atom is 0.130 e. The number of rotatable bonds is 1. The van der Waals surface area contributed by atoms with Crippen LogP contribution in [0.25, 0.3) is 10.9 Å². The predicted molar refractivity (Wildman–Crippen MR) is 72.6 cm³/mol. The number of hydrogen-bond acceptors (Lipinski definition) is 2. The molecule has 1 aliphatic rings. The zero-order valence-corrected chi connectivity index (χ0v) is 10.6. The fourth-order valence-corrected chi connectivity index (χ4v) is 2.48. The minimum atomic E-state index is 0.513. The Morgan fingerprint density at radius 1 is 1.29 bits per heavy atom. The van der Waals surface area contributed by atoms with E-state index in [1.165, 1.54) is 16.5 Å². The lowest BCUT2D eigenvalue weighted by molar-refractivity contribution is 0.839. The first-order valence-corrected chi connectivity index (χ1v) is 6.33. The standard InChI is InChI=1S/C15H18N2/c1-9(2)11-4-5-12-7-13-6-10(3)16-15(13)17-14(12)8-11/h4-5,7-10H,6H2,1-3H3,(H,16,17)/t10-/m1/s1. The van der Waals surface area contributed by atoms with E-state index < -0.39 is 0 Å². The second kappa shape index (κ2) is 3.73. The summed E-state index contributed by atoms with van der Waals surface area (Å²) in [6.45, 7) is 6.63. The molecule has 1 aromatic heterocycles. The number of nitrogens with zero attached hydrogens (tertiary/aromatic N) is 1. The van der Waals surface area contributed by atoms with Crippen LogP contribution in [0.1, 0.15) is 37.8 Å². The first-order chi connectivity index (χ1) is 8.13. The number of anilines is 1. The second-order valence-corrected chi connectivity index (χ2v) is 5.35. The van der Waals surface area contributed by atoms with Crippen LogP contribution in [0, 0.1) is 0 Å². The predicted octanol–water partition coefficient (Wildman–Crippen LogP) is 3.71. The Labute approximate surface area is 102 Å². The number of aromatic nitrogens is 1. The van der Waals surface area contributed by atoms with Crippen molar-refractivity contribution in [2.45, 2.75) is 39.2 Å². The van der Waals surface area contributed by atoms with Crippen molar-refractivity contribution in [1.29, 1.82) is 0 Å². The third-order valence-corrected chi connectivity index (χ3v) is 3.50. The van der Waals surface area contributed by atoms with Gasteiger partial charge in [-0.15, -0.1) is 0 Å². The van der Waals surface area contributed by atoms with Crippen molar-refractivity contribution in [2.24, 2.45) is 0 Å². The Hall–Kier alpha value is -1.57. The summed E-state index contributed by atoms with van der Waals surface area (Å²) in [7, 11) is 0. The lowest BCUT2D eigenvalue weighted by atomic mass is 10.0. The van der Waals surface area contributed by atoms with Gasteiger partial charge in [-0.1, -0.05) is 26.0 Å². The van der Waals surface area contributed by atoms with Gasteiger partial charge < -0.3 is 5.32 Å². The number of hydrogen-bond donors (Lipinski definition) is 1. The molecule has 1 atom stereocenters. The molecule has 0 spiro atoms. The van der Waals surface area contributed by atoms with E-state index in [-0.39, 0.29) is 0 Å². The molecule has 2 heteroatoms. The lowest BCUT2D eigenvalue weighted by Crippen LogP contribution is -2.08. The van der Waals surface area contributed by atoms with E-state index in [9.17, 15) is 0 Å². The first-order valence-electron chi connectivity index (χ1n) is 6.33. The third-order valence-electron chi connectivity index (χ3n) is 3.50. The fraction of sp³-hybridized carbons (Fsp3) is 0.400. The summed E-state index contributed by atoms with van der Waals surface area (Å²) in [5, 5.41) is 4.68. The van der Waals surface area contributed by atoms with Crippen LogP contribution in [-0.2, 0) is 6.42 Å². The van der Waals surface area contributed by atoms with Crippen molar-refractivity contribution < 1.29 is 0 Å². The van der Waals surface area contributed by atoms with E-state index in [0.717, 1.165) is 17.8 Å². The summed E-state index contributed by atoms with van der Waals surface area (Å²) in [5.41, 5.74) is 3.81. The number of pyridine rings is 1. The molecule has 0 amide bonds. The van der Waals surface area contributed by atoms with Crippen LogP contribution in [0.4, 0.5) is 5.82 Å². The minimum absolute atomic E-state index is 0.513. The summed E-state index contributed by atoms with van der Waals surface area (Å²) in [6.07, 6.45) is 1.09. The van der Waals surface area contributed by atoms with Gasteiger partial charge >= 0.3 is 0 Å². The molecule has 0 aliphatic carbocycles. The largest absolute Gasteiger partial charge is 0.367 e. The van der Waals surface area contributed by atoms with Gasteiger partial charge in [-0.05, 0) is 42.5 Å². The van der Waals surface area contributed by atoms with Gasteiger partial charge in [0.1, 0.15) is 5.82 Å². The molecular formula is C15H18N2. The van der Waals surface area contributed by atoms with E-state index in [4.69, 9.17) is 4.98 Å². The average Bonchev–Trinajstić information content (AvgIpc) is 2.63. The van der Waals surface area contributed by atoms with Crippen LogP contribution < -0.4 is 5.32 Å². The Bertz CT molecular complexity index is 572.